The Morgan fingerprint density at radius 2 is 2.21 bits per heavy atom. The van der Waals surface area contributed by atoms with E-state index in [-0.39, 0.29) is 0 Å². The molecule has 1 unspecified atom stereocenters. The lowest BCUT2D eigenvalue weighted by atomic mass is 9.95. The normalized spacial score (nSPS) is 42.1. The molecule has 0 bridgehead atoms. The summed E-state index contributed by atoms with van der Waals surface area (Å²) in [4.78, 5) is 2.41. The van der Waals surface area contributed by atoms with Crippen molar-refractivity contribution in [3.63, 3.8) is 0 Å². The maximum Gasteiger partial charge on any atom is 0.219 e. The van der Waals surface area contributed by atoms with Crippen molar-refractivity contribution in [1.82, 2.24) is 0 Å². The van der Waals surface area contributed by atoms with Crippen LogP contribution in [0.15, 0.2) is 5.11 Å². The van der Waals surface area contributed by atoms with Crippen molar-refractivity contribution in [3.8, 4) is 0 Å². The summed E-state index contributed by atoms with van der Waals surface area (Å²) < 4.78 is 4.64. The molecule has 1 rings (SSSR count). The third-order valence-corrected chi connectivity index (χ3v) is 2.14. The summed E-state index contributed by atoms with van der Waals surface area (Å²) in [6.45, 7) is -1.70. The Balaban J connectivity index is 2.80. The van der Waals surface area contributed by atoms with Crippen LogP contribution in [0.1, 0.15) is 0 Å². The third kappa shape index (κ3) is 1.67. The van der Waals surface area contributed by atoms with Gasteiger partial charge >= 0.3 is 0 Å². The molecule has 8 heteroatoms. The molecule has 0 aromatic carbocycles. The van der Waals surface area contributed by atoms with Gasteiger partial charge in [0.15, 0.2) is 0 Å². The van der Waals surface area contributed by atoms with Gasteiger partial charge in [-0.2, -0.15) is 0 Å². The van der Waals surface area contributed by atoms with Gasteiger partial charge in [0, 0.05) is 4.91 Å². The third-order valence-electron chi connectivity index (χ3n) is 2.14. The molecule has 80 valence electrons. The molecule has 1 saturated heterocycles. The molecule has 0 saturated carbocycles. The van der Waals surface area contributed by atoms with Gasteiger partial charge in [-0.3, -0.25) is 0 Å². The minimum absolute atomic E-state index is 0.412. The van der Waals surface area contributed by atoms with E-state index in [2.05, 4.69) is 14.8 Å². The van der Waals surface area contributed by atoms with Crippen LogP contribution in [0, 0.1) is 0 Å². The Hall–Kier alpha value is -0.890. The van der Waals surface area contributed by atoms with Crippen LogP contribution in [0.5, 0.6) is 0 Å². The minimum Gasteiger partial charge on any atom is -0.391 e. The lowest BCUT2D eigenvalue weighted by Gasteiger charge is -2.28. The van der Waals surface area contributed by atoms with Gasteiger partial charge < -0.3 is 25.2 Å². The second-order valence-electron chi connectivity index (χ2n) is 3.19. The fourth-order valence-electron chi connectivity index (χ4n) is 1.25. The molecule has 0 radical (unpaired) electrons. The molecule has 1 aliphatic heterocycles. The zero-order valence-electron chi connectivity index (χ0n) is 7.24. The first-order chi connectivity index (χ1) is 6.48. The van der Waals surface area contributed by atoms with Gasteiger partial charge in [0.1, 0.15) is 11.7 Å². The second-order valence-corrected chi connectivity index (χ2v) is 3.19. The Morgan fingerprint density at radius 1 is 1.57 bits per heavy atom. The monoisotopic (exact) mass is 205 g/mol. The Bertz CT molecular complexity index is 268. The van der Waals surface area contributed by atoms with Crippen LogP contribution in [0.3, 0.4) is 0 Å². The van der Waals surface area contributed by atoms with Crippen LogP contribution < -0.4 is 0 Å². The van der Waals surface area contributed by atoms with Crippen molar-refractivity contribution < 1.29 is 25.2 Å². The van der Waals surface area contributed by atoms with Gasteiger partial charge in [0.05, 0.1) is 19.8 Å². The Labute approximate surface area is 79.0 Å². The van der Waals surface area contributed by atoms with E-state index in [1.165, 1.54) is 0 Å². The fourth-order valence-corrected chi connectivity index (χ4v) is 1.25. The number of nitrogens with zero attached hydrogens (tertiary/aromatic N) is 3. The number of hydrogen-bond donors (Lipinski definition) is 4. The predicted molar refractivity (Wildman–Crippen MR) is 43.0 cm³/mol. The van der Waals surface area contributed by atoms with Gasteiger partial charge in [0.25, 0.3) is 0 Å². The molecule has 14 heavy (non-hydrogen) atoms. The predicted octanol–water partition coefficient (Wildman–Crippen LogP) is -1.90. The van der Waals surface area contributed by atoms with Crippen LogP contribution in [0.25, 0.3) is 10.4 Å². The molecular weight excluding hydrogens is 194 g/mol. The molecule has 8 nitrogen and oxygen atoms in total. The largest absolute Gasteiger partial charge is 0.391 e. The summed E-state index contributed by atoms with van der Waals surface area (Å²) in [6, 6.07) is 0. The molecule has 0 aromatic rings. The van der Waals surface area contributed by atoms with Crippen molar-refractivity contribution in [3.05, 3.63) is 10.4 Å². The second kappa shape index (κ2) is 3.70. The standard InChI is InChI=1S/C6H11N3O5/c7-9-8-1-5(12)3-14-6(13,2-10)4(5)11/h4,10-13H,1-3H2/t4-,5-,6?/m0/s1. The number of ether oxygens (including phenoxy) is 1. The van der Waals surface area contributed by atoms with E-state index in [0.29, 0.717) is 0 Å². The lowest BCUT2D eigenvalue weighted by Crippen LogP contribution is -2.53. The summed E-state index contributed by atoms with van der Waals surface area (Å²) in [6.07, 6.45) is -1.72. The fraction of sp³-hybridized carbons (Fsp3) is 1.00. The molecule has 0 amide bonds. The van der Waals surface area contributed by atoms with Crippen LogP contribution in [0.4, 0.5) is 0 Å². The van der Waals surface area contributed by atoms with Gasteiger partial charge in [0.2, 0.25) is 5.79 Å². The Kier molecular flexibility index (Phi) is 2.95. The maximum atomic E-state index is 9.65. The first kappa shape index (κ1) is 11.2. The Morgan fingerprint density at radius 3 is 2.64 bits per heavy atom. The summed E-state index contributed by atoms with van der Waals surface area (Å²) in [5.74, 6) is -2.19. The SMILES string of the molecule is [N-]=[N+]=NC[C@]1(O)COC(O)(CO)[C@H]1O. The van der Waals surface area contributed by atoms with E-state index in [1.54, 1.807) is 0 Å². The maximum absolute atomic E-state index is 9.65. The van der Waals surface area contributed by atoms with Gasteiger partial charge in [-0.15, -0.1) is 0 Å². The topological polar surface area (TPSA) is 139 Å². The van der Waals surface area contributed by atoms with Crippen molar-refractivity contribution >= 4 is 0 Å². The van der Waals surface area contributed by atoms with Crippen LogP contribution >= 0.6 is 0 Å². The molecule has 0 aromatic heterocycles. The zero-order chi connectivity index (χ0) is 10.8. The highest BCUT2D eigenvalue weighted by Gasteiger charge is 2.56. The van der Waals surface area contributed by atoms with E-state index in [1.807, 2.05) is 0 Å². The first-order valence-electron chi connectivity index (χ1n) is 3.87. The number of aliphatic hydroxyl groups excluding tert-OH is 2. The molecule has 1 fully saturated rings. The van der Waals surface area contributed by atoms with Crippen LogP contribution in [0.2, 0.25) is 0 Å². The lowest BCUT2D eigenvalue weighted by molar-refractivity contribution is -0.237. The van der Waals surface area contributed by atoms with E-state index in [9.17, 15) is 15.3 Å². The molecule has 3 atom stereocenters. The molecule has 4 N–H and O–H groups in total. The highest BCUT2D eigenvalue weighted by molar-refractivity contribution is 5.02. The number of aliphatic hydroxyl groups is 4. The number of rotatable bonds is 3. The van der Waals surface area contributed by atoms with Crippen molar-refractivity contribution in [2.24, 2.45) is 5.11 Å². The van der Waals surface area contributed by atoms with E-state index < -0.39 is 37.3 Å². The smallest absolute Gasteiger partial charge is 0.219 e. The first-order valence-corrected chi connectivity index (χ1v) is 3.87. The van der Waals surface area contributed by atoms with Crippen molar-refractivity contribution in [1.29, 1.82) is 0 Å². The van der Waals surface area contributed by atoms with Crippen LogP contribution in [-0.2, 0) is 4.74 Å². The highest BCUT2D eigenvalue weighted by atomic mass is 16.7. The van der Waals surface area contributed by atoms with E-state index in [0.717, 1.165) is 0 Å². The van der Waals surface area contributed by atoms with Gasteiger partial charge in [-0.25, -0.2) is 0 Å². The quantitative estimate of drug-likeness (QED) is 0.242. The van der Waals surface area contributed by atoms with E-state index >= 15 is 0 Å². The minimum atomic E-state index is -2.19. The molecule has 1 aliphatic rings. The summed E-state index contributed by atoms with van der Waals surface area (Å²) in [5.41, 5.74) is 6.17. The van der Waals surface area contributed by atoms with Gasteiger partial charge in [-0.1, -0.05) is 5.11 Å². The number of hydrogen-bond acceptors (Lipinski definition) is 6. The highest BCUT2D eigenvalue weighted by Crippen LogP contribution is 2.31. The van der Waals surface area contributed by atoms with Crippen molar-refractivity contribution in [2.45, 2.75) is 17.5 Å². The molecule has 1 heterocycles. The molecule has 0 spiro atoms. The van der Waals surface area contributed by atoms with E-state index in [4.69, 9.17) is 10.6 Å². The van der Waals surface area contributed by atoms with Gasteiger partial charge in [-0.05, 0) is 5.53 Å². The number of azide groups is 1. The molecule has 0 aliphatic carbocycles. The zero-order valence-corrected chi connectivity index (χ0v) is 7.24. The van der Waals surface area contributed by atoms with Crippen LogP contribution in [-0.4, -0.2) is 57.7 Å². The summed E-state index contributed by atoms with van der Waals surface area (Å²) in [5, 5.41) is 40.2. The summed E-state index contributed by atoms with van der Waals surface area (Å²) in [7, 11) is 0. The average Bonchev–Trinajstić information content (AvgIpc) is 2.42. The average molecular weight is 205 g/mol. The van der Waals surface area contributed by atoms with Crippen molar-refractivity contribution in [2.75, 3.05) is 19.8 Å². The molecular formula is C6H11N3O5. The summed E-state index contributed by atoms with van der Waals surface area (Å²) >= 11 is 0.